The van der Waals surface area contributed by atoms with Gasteiger partial charge in [-0.05, 0) is 24.6 Å². The quantitative estimate of drug-likeness (QED) is 0.576. The van der Waals surface area contributed by atoms with Crippen molar-refractivity contribution in [2.45, 2.75) is 6.92 Å². The van der Waals surface area contributed by atoms with Crippen molar-refractivity contribution in [1.29, 1.82) is 0 Å². The lowest BCUT2D eigenvalue weighted by molar-refractivity contribution is 0.103. The van der Waals surface area contributed by atoms with Gasteiger partial charge in [0.1, 0.15) is 0 Å². The van der Waals surface area contributed by atoms with Gasteiger partial charge in [0.25, 0.3) is 0 Å². The summed E-state index contributed by atoms with van der Waals surface area (Å²) < 4.78 is 0. The lowest BCUT2D eigenvalue weighted by Crippen LogP contribution is -2.04. The molecule has 2 aromatic rings. The second-order valence-electron chi connectivity index (χ2n) is 3.45. The number of nitrogen functional groups attached to an aromatic ring is 1. The first-order valence-electron chi connectivity index (χ1n) is 4.72. The molecule has 0 atom stereocenters. The van der Waals surface area contributed by atoms with Crippen molar-refractivity contribution in [2.24, 2.45) is 0 Å². The van der Waals surface area contributed by atoms with Crippen molar-refractivity contribution >= 4 is 11.5 Å². The number of carbonyl (C=O) groups is 1. The van der Waals surface area contributed by atoms with Crippen LogP contribution in [0.25, 0.3) is 0 Å². The Morgan fingerprint density at radius 2 is 2.13 bits per heavy atom. The van der Waals surface area contributed by atoms with E-state index in [1.807, 2.05) is 6.92 Å². The molecular formula is C12H12N2O. The number of H-pyrrole nitrogens is 1. The summed E-state index contributed by atoms with van der Waals surface area (Å²) in [5, 5.41) is 0. The molecule has 0 unspecified atom stereocenters. The van der Waals surface area contributed by atoms with Crippen LogP contribution in [0.1, 0.15) is 21.5 Å². The molecule has 3 nitrogen and oxygen atoms in total. The highest BCUT2D eigenvalue weighted by molar-refractivity contribution is 6.10. The Kier molecular flexibility index (Phi) is 2.29. The lowest BCUT2D eigenvalue weighted by atomic mass is 10.00. The van der Waals surface area contributed by atoms with E-state index < -0.39 is 0 Å². The largest absolute Gasteiger partial charge is 0.398 e. The Balaban J connectivity index is 2.47. The van der Waals surface area contributed by atoms with Crippen LogP contribution in [0.2, 0.25) is 0 Å². The SMILES string of the molecule is Cc1c(N)cccc1C(=O)c1cc[nH]c1. The van der Waals surface area contributed by atoms with Gasteiger partial charge in [0.05, 0.1) is 0 Å². The van der Waals surface area contributed by atoms with Gasteiger partial charge in [-0.3, -0.25) is 4.79 Å². The molecule has 0 saturated carbocycles. The maximum atomic E-state index is 12.0. The molecule has 0 aliphatic carbocycles. The molecule has 0 saturated heterocycles. The summed E-state index contributed by atoms with van der Waals surface area (Å²) in [7, 11) is 0. The Morgan fingerprint density at radius 1 is 1.33 bits per heavy atom. The molecule has 0 spiro atoms. The molecule has 1 heterocycles. The van der Waals surface area contributed by atoms with Crippen LogP contribution in [-0.4, -0.2) is 10.8 Å². The van der Waals surface area contributed by atoms with Gasteiger partial charge >= 0.3 is 0 Å². The van der Waals surface area contributed by atoms with E-state index in [2.05, 4.69) is 4.98 Å². The highest BCUT2D eigenvalue weighted by atomic mass is 16.1. The average Bonchev–Trinajstić information content (AvgIpc) is 2.74. The van der Waals surface area contributed by atoms with Crippen LogP contribution in [0.4, 0.5) is 5.69 Å². The van der Waals surface area contributed by atoms with E-state index in [-0.39, 0.29) is 5.78 Å². The number of nitrogens with two attached hydrogens (primary N) is 1. The third-order valence-corrected chi connectivity index (χ3v) is 2.48. The minimum absolute atomic E-state index is 0.000972. The number of hydrogen-bond donors (Lipinski definition) is 2. The summed E-state index contributed by atoms with van der Waals surface area (Å²) in [4.78, 5) is 14.9. The number of nitrogens with one attached hydrogen (secondary N) is 1. The van der Waals surface area contributed by atoms with E-state index in [9.17, 15) is 4.79 Å². The van der Waals surface area contributed by atoms with Gasteiger partial charge < -0.3 is 10.7 Å². The third kappa shape index (κ3) is 1.64. The molecule has 2 rings (SSSR count). The van der Waals surface area contributed by atoms with Crippen molar-refractivity contribution in [1.82, 2.24) is 4.98 Å². The monoisotopic (exact) mass is 200 g/mol. The summed E-state index contributed by atoms with van der Waals surface area (Å²) in [6.07, 6.45) is 3.42. The van der Waals surface area contributed by atoms with Gasteiger partial charge in [0.15, 0.2) is 5.78 Å². The Morgan fingerprint density at radius 3 is 2.80 bits per heavy atom. The van der Waals surface area contributed by atoms with E-state index in [0.717, 1.165) is 5.56 Å². The van der Waals surface area contributed by atoms with Crippen molar-refractivity contribution in [3.63, 3.8) is 0 Å². The Hall–Kier alpha value is -2.03. The fourth-order valence-electron chi connectivity index (χ4n) is 1.52. The fraction of sp³-hybridized carbons (Fsp3) is 0.0833. The highest BCUT2D eigenvalue weighted by Crippen LogP contribution is 2.18. The van der Waals surface area contributed by atoms with E-state index >= 15 is 0 Å². The van der Waals surface area contributed by atoms with E-state index in [1.165, 1.54) is 0 Å². The first-order valence-corrected chi connectivity index (χ1v) is 4.72. The van der Waals surface area contributed by atoms with Crippen LogP contribution in [0.3, 0.4) is 0 Å². The van der Waals surface area contributed by atoms with Gasteiger partial charge in [-0.2, -0.15) is 0 Å². The first kappa shape index (κ1) is 9.52. The summed E-state index contributed by atoms with van der Waals surface area (Å²) in [5.74, 6) is 0.000972. The number of hydrogen-bond acceptors (Lipinski definition) is 2. The predicted molar refractivity (Wildman–Crippen MR) is 59.8 cm³/mol. The fourth-order valence-corrected chi connectivity index (χ4v) is 1.52. The molecule has 1 aromatic carbocycles. The van der Waals surface area contributed by atoms with Crippen LogP contribution in [0.5, 0.6) is 0 Å². The van der Waals surface area contributed by atoms with Gasteiger partial charge in [0, 0.05) is 29.2 Å². The maximum Gasteiger partial charge on any atom is 0.194 e. The molecule has 15 heavy (non-hydrogen) atoms. The maximum absolute atomic E-state index is 12.0. The molecule has 3 heteroatoms. The molecule has 76 valence electrons. The highest BCUT2D eigenvalue weighted by Gasteiger charge is 2.12. The molecule has 0 aliphatic heterocycles. The predicted octanol–water partition coefficient (Wildman–Crippen LogP) is 2.14. The van der Waals surface area contributed by atoms with Gasteiger partial charge in [-0.15, -0.1) is 0 Å². The molecule has 3 N–H and O–H groups in total. The molecule has 0 aliphatic rings. The van der Waals surface area contributed by atoms with E-state index in [1.54, 1.807) is 36.7 Å². The topological polar surface area (TPSA) is 58.9 Å². The number of ketones is 1. The zero-order chi connectivity index (χ0) is 10.8. The van der Waals surface area contributed by atoms with Gasteiger partial charge in [-0.25, -0.2) is 0 Å². The minimum atomic E-state index is 0.000972. The summed E-state index contributed by atoms with van der Waals surface area (Å²) in [6.45, 7) is 1.86. The molecule has 0 amide bonds. The third-order valence-electron chi connectivity index (χ3n) is 2.48. The van der Waals surface area contributed by atoms with Crippen LogP contribution >= 0.6 is 0 Å². The normalized spacial score (nSPS) is 10.2. The molecular weight excluding hydrogens is 188 g/mol. The summed E-state index contributed by atoms with van der Waals surface area (Å²) in [6, 6.07) is 7.14. The first-order chi connectivity index (χ1) is 7.20. The standard InChI is InChI=1S/C12H12N2O/c1-8-10(3-2-4-11(8)13)12(15)9-5-6-14-7-9/h2-7,14H,13H2,1H3. The van der Waals surface area contributed by atoms with E-state index in [0.29, 0.717) is 16.8 Å². The van der Waals surface area contributed by atoms with Crippen LogP contribution in [0.15, 0.2) is 36.7 Å². The second kappa shape index (κ2) is 3.61. The second-order valence-corrected chi connectivity index (χ2v) is 3.45. The number of benzene rings is 1. The Labute approximate surface area is 87.9 Å². The zero-order valence-corrected chi connectivity index (χ0v) is 8.45. The smallest absolute Gasteiger partial charge is 0.194 e. The number of anilines is 1. The van der Waals surface area contributed by atoms with Crippen LogP contribution in [0, 0.1) is 6.92 Å². The van der Waals surface area contributed by atoms with Crippen LogP contribution in [-0.2, 0) is 0 Å². The molecule has 0 fully saturated rings. The van der Waals surface area contributed by atoms with Gasteiger partial charge in [-0.1, -0.05) is 12.1 Å². The summed E-state index contributed by atoms with van der Waals surface area (Å²) in [5.41, 5.74) is 8.56. The molecule has 1 aromatic heterocycles. The van der Waals surface area contributed by atoms with Crippen molar-refractivity contribution < 1.29 is 4.79 Å². The zero-order valence-electron chi connectivity index (χ0n) is 8.45. The van der Waals surface area contributed by atoms with E-state index in [4.69, 9.17) is 5.73 Å². The van der Waals surface area contributed by atoms with Crippen LogP contribution < -0.4 is 5.73 Å². The average molecular weight is 200 g/mol. The lowest BCUT2D eigenvalue weighted by Gasteiger charge is -2.05. The van der Waals surface area contributed by atoms with Crippen molar-refractivity contribution in [3.05, 3.63) is 53.3 Å². The number of aromatic amines is 1. The Bertz CT molecular complexity index is 486. The molecule has 0 bridgehead atoms. The molecule has 0 radical (unpaired) electrons. The van der Waals surface area contributed by atoms with Gasteiger partial charge in [0.2, 0.25) is 0 Å². The number of carbonyl (C=O) groups excluding carboxylic acids is 1. The number of aromatic nitrogens is 1. The number of rotatable bonds is 2. The van der Waals surface area contributed by atoms with Crippen molar-refractivity contribution in [3.8, 4) is 0 Å². The van der Waals surface area contributed by atoms with Crippen molar-refractivity contribution in [2.75, 3.05) is 5.73 Å². The minimum Gasteiger partial charge on any atom is -0.398 e. The summed E-state index contributed by atoms with van der Waals surface area (Å²) >= 11 is 0.